The van der Waals surface area contributed by atoms with Gasteiger partial charge in [-0.3, -0.25) is 34.2 Å². The summed E-state index contributed by atoms with van der Waals surface area (Å²) in [5, 5.41) is 20.5. The largest absolute Gasteiger partial charge is 0.491 e. The molecule has 0 radical (unpaired) electrons. The zero-order chi connectivity index (χ0) is 30.8. The molecule has 11 nitrogen and oxygen atoms in total. The number of fused-ring (bicyclic) bond motifs is 4. The number of hydrogen-bond donors (Lipinski definition) is 1. The molecule has 2 aromatic carbocycles. The highest BCUT2D eigenvalue weighted by Crippen LogP contribution is 2.65. The number of carbonyl (C=O) groups is 4. The van der Waals surface area contributed by atoms with E-state index in [1.54, 1.807) is 24.3 Å². The van der Waals surface area contributed by atoms with Crippen LogP contribution in [0.1, 0.15) is 24.3 Å². The zero-order valence-electron chi connectivity index (χ0n) is 22.3. The van der Waals surface area contributed by atoms with Gasteiger partial charge >= 0.3 is 0 Å². The van der Waals surface area contributed by atoms with E-state index < -0.39 is 62.0 Å². The normalized spacial score (nSPS) is 31.5. The summed E-state index contributed by atoms with van der Waals surface area (Å²) in [7, 11) is 0. The number of nitro groups is 1. The molecule has 43 heavy (non-hydrogen) atoms. The Morgan fingerprint density at radius 2 is 1.77 bits per heavy atom. The number of carbonyl (C=O) groups excluding carboxylic acids is 4. The molecule has 2 aliphatic carbocycles. The lowest BCUT2D eigenvalue weighted by atomic mass is 9.56. The first kappa shape index (κ1) is 29.7. The molecule has 224 valence electrons. The number of aliphatic hydroxyl groups is 1. The average Bonchev–Trinajstić information content (AvgIpc) is 3.34. The van der Waals surface area contributed by atoms with Crippen molar-refractivity contribution in [3.63, 3.8) is 0 Å². The van der Waals surface area contributed by atoms with E-state index in [1.165, 1.54) is 24.3 Å². The second-order valence-corrected chi connectivity index (χ2v) is 12.7. The number of benzene rings is 2. The van der Waals surface area contributed by atoms with Crippen LogP contribution in [-0.4, -0.2) is 67.0 Å². The van der Waals surface area contributed by atoms with Gasteiger partial charge in [-0.1, -0.05) is 45.8 Å². The number of anilines is 1. The average molecular weight is 693 g/mol. The van der Waals surface area contributed by atoms with Gasteiger partial charge in [0.25, 0.3) is 17.5 Å². The number of aliphatic hydroxyl groups excluding tert-OH is 1. The van der Waals surface area contributed by atoms with Crippen molar-refractivity contribution in [1.29, 1.82) is 0 Å². The van der Waals surface area contributed by atoms with Gasteiger partial charge in [-0.05, 0) is 42.5 Å². The summed E-state index contributed by atoms with van der Waals surface area (Å²) in [6.07, 6.45) is 1.80. The van der Waals surface area contributed by atoms with E-state index >= 15 is 0 Å². The first-order valence-corrected chi connectivity index (χ1v) is 15.3. The highest BCUT2D eigenvalue weighted by atomic mass is 79.9. The van der Waals surface area contributed by atoms with Crippen LogP contribution in [0.4, 0.5) is 11.4 Å². The standard InChI is InChI=1S/C29H24BrCl2N3O8/c30-14-33-26(39)28(31)13-21-19(23(29(28,32)27(33)40)15-4-6-18(7-5-15)43-11-10-36)8-9-20-22(21)25(38)34(24(20)37)16-2-1-3-17(12-16)35(41)42/h1-8,12,20-23,36H,9-11,13-14H2. The number of imide groups is 2. The third-order valence-corrected chi connectivity index (χ3v) is 10.8. The molecule has 6 rings (SSSR count). The van der Waals surface area contributed by atoms with E-state index in [9.17, 15) is 29.3 Å². The van der Waals surface area contributed by atoms with Crippen molar-refractivity contribution < 1.29 is 33.9 Å². The van der Waals surface area contributed by atoms with Crippen molar-refractivity contribution in [3.05, 3.63) is 75.9 Å². The molecule has 0 aromatic heterocycles. The molecule has 3 fully saturated rings. The van der Waals surface area contributed by atoms with Crippen LogP contribution in [0, 0.1) is 27.9 Å². The van der Waals surface area contributed by atoms with Gasteiger partial charge in [0.15, 0.2) is 9.75 Å². The van der Waals surface area contributed by atoms with Crippen LogP contribution in [0.3, 0.4) is 0 Å². The van der Waals surface area contributed by atoms with Gasteiger partial charge in [0.1, 0.15) is 12.4 Å². The van der Waals surface area contributed by atoms with Crippen molar-refractivity contribution >= 4 is 74.1 Å². The molecule has 0 bridgehead atoms. The van der Waals surface area contributed by atoms with E-state index in [0.29, 0.717) is 16.9 Å². The highest BCUT2D eigenvalue weighted by molar-refractivity contribution is 9.09. The number of hydrogen-bond acceptors (Lipinski definition) is 8. The van der Waals surface area contributed by atoms with E-state index in [2.05, 4.69) is 15.9 Å². The van der Waals surface area contributed by atoms with E-state index in [4.69, 9.17) is 33.0 Å². The SMILES string of the molecule is O=C1C2CC=C3C(CC4(Cl)C(=O)N(CBr)C(=O)C4(Cl)C3c3ccc(OCCO)cc3)C2C(=O)N1c1cccc([N+](=O)[O-])c1. The summed E-state index contributed by atoms with van der Waals surface area (Å²) in [5.74, 6) is -5.37. The molecule has 2 saturated heterocycles. The summed E-state index contributed by atoms with van der Waals surface area (Å²) >= 11 is 17.6. The lowest BCUT2D eigenvalue weighted by Gasteiger charge is -2.50. The fourth-order valence-electron chi connectivity index (χ4n) is 7.05. The van der Waals surface area contributed by atoms with Crippen molar-refractivity contribution in [2.24, 2.45) is 17.8 Å². The molecular formula is C29H24BrCl2N3O8. The van der Waals surface area contributed by atoms with E-state index in [1.807, 2.05) is 6.08 Å². The Kier molecular flexibility index (Phi) is 7.39. The van der Waals surface area contributed by atoms with Crippen LogP contribution in [-0.2, 0) is 19.2 Å². The quantitative estimate of drug-likeness (QED) is 0.115. The predicted molar refractivity (Wildman–Crippen MR) is 158 cm³/mol. The third kappa shape index (κ3) is 4.17. The zero-order valence-corrected chi connectivity index (χ0v) is 25.4. The van der Waals surface area contributed by atoms with Crippen LogP contribution >= 0.6 is 39.1 Å². The minimum Gasteiger partial charge on any atom is -0.491 e. The summed E-state index contributed by atoms with van der Waals surface area (Å²) in [6, 6.07) is 12.0. The molecule has 6 unspecified atom stereocenters. The van der Waals surface area contributed by atoms with Crippen molar-refractivity contribution in [3.8, 4) is 5.75 Å². The fourth-order valence-corrected chi connectivity index (χ4v) is 8.47. The number of likely N-dealkylation sites (tertiary alicyclic amines) is 1. The number of halogens is 3. The van der Waals surface area contributed by atoms with Crippen LogP contribution in [0.25, 0.3) is 0 Å². The minimum atomic E-state index is -1.94. The Balaban J connectivity index is 1.46. The summed E-state index contributed by atoms with van der Waals surface area (Å²) in [5.41, 5.74) is 0.845. The first-order chi connectivity index (χ1) is 20.5. The number of alkyl halides is 3. The topological polar surface area (TPSA) is 147 Å². The van der Waals surface area contributed by atoms with Crippen LogP contribution < -0.4 is 9.64 Å². The Bertz CT molecular complexity index is 1600. The molecule has 0 spiro atoms. The number of non-ortho nitro benzene ring substituents is 1. The van der Waals surface area contributed by atoms with E-state index in [-0.39, 0.29) is 42.9 Å². The summed E-state index contributed by atoms with van der Waals surface area (Å²) in [4.78, 5) is 64.1. The maximum absolute atomic E-state index is 14.0. The molecule has 2 aromatic rings. The molecular weight excluding hydrogens is 669 g/mol. The smallest absolute Gasteiger partial charge is 0.271 e. The van der Waals surface area contributed by atoms with Gasteiger partial charge in [0.05, 0.1) is 34.5 Å². The van der Waals surface area contributed by atoms with Gasteiger partial charge in [0, 0.05) is 18.1 Å². The number of nitro benzene ring substituents is 1. The molecule has 2 aliphatic heterocycles. The van der Waals surface area contributed by atoms with Crippen LogP contribution in [0.2, 0.25) is 0 Å². The maximum atomic E-state index is 14.0. The van der Waals surface area contributed by atoms with Gasteiger partial charge in [-0.15, -0.1) is 23.2 Å². The van der Waals surface area contributed by atoms with Crippen LogP contribution in [0.5, 0.6) is 5.75 Å². The summed E-state index contributed by atoms with van der Waals surface area (Å²) in [6.45, 7) is -0.103. The lowest BCUT2D eigenvalue weighted by Crippen LogP contribution is -2.60. The first-order valence-electron chi connectivity index (χ1n) is 13.5. The van der Waals surface area contributed by atoms with Crippen molar-refractivity contribution in [2.75, 3.05) is 23.6 Å². The molecule has 1 N–H and O–H groups in total. The van der Waals surface area contributed by atoms with Gasteiger partial charge in [-0.25, -0.2) is 4.90 Å². The number of allylic oxidation sites excluding steroid dienone is 2. The van der Waals surface area contributed by atoms with Gasteiger partial charge < -0.3 is 9.84 Å². The molecule has 14 heteroatoms. The minimum absolute atomic E-state index is 0.0771. The molecule has 1 saturated carbocycles. The Morgan fingerprint density at radius 1 is 1.05 bits per heavy atom. The molecule has 4 aliphatic rings. The van der Waals surface area contributed by atoms with Crippen LogP contribution in [0.15, 0.2) is 60.2 Å². The maximum Gasteiger partial charge on any atom is 0.271 e. The van der Waals surface area contributed by atoms with E-state index in [0.717, 1.165) is 9.80 Å². The fraction of sp³-hybridized carbons (Fsp3) is 0.379. The molecule has 4 amide bonds. The summed E-state index contributed by atoms with van der Waals surface area (Å²) < 4.78 is 5.48. The van der Waals surface area contributed by atoms with Gasteiger partial charge in [0.2, 0.25) is 11.8 Å². The second-order valence-electron chi connectivity index (χ2n) is 10.9. The van der Waals surface area contributed by atoms with Crippen molar-refractivity contribution in [1.82, 2.24) is 4.90 Å². The van der Waals surface area contributed by atoms with Crippen molar-refractivity contribution in [2.45, 2.75) is 28.5 Å². The Morgan fingerprint density at radius 3 is 2.42 bits per heavy atom. The Hall–Kier alpha value is -3.32. The molecule has 6 atom stereocenters. The van der Waals surface area contributed by atoms with Gasteiger partial charge in [-0.2, -0.15) is 0 Å². The lowest BCUT2D eigenvalue weighted by molar-refractivity contribution is -0.384. The number of nitrogens with zero attached hydrogens (tertiary/aromatic N) is 3. The number of ether oxygens (including phenoxy) is 1. The highest BCUT2D eigenvalue weighted by Gasteiger charge is 2.76. The third-order valence-electron chi connectivity index (χ3n) is 8.89. The Labute approximate surface area is 263 Å². The predicted octanol–water partition coefficient (Wildman–Crippen LogP) is 3.88. The number of amides is 4. The second kappa shape index (κ2) is 10.7. The number of rotatable bonds is 7. The monoisotopic (exact) mass is 691 g/mol. The molecule has 2 heterocycles.